The summed E-state index contributed by atoms with van der Waals surface area (Å²) < 4.78 is 5.86. The number of guanidine groups is 1. The van der Waals surface area contributed by atoms with Crippen molar-refractivity contribution in [3.63, 3.8) is 0 Å². The van der Waals surface area contributed by atoms with E-state index in [-0.39, 0.29) is 11.9 Å². The quantitative estimate of drug-likeness (QED) is 0.506. The van der Waals surface area contributed by atoms with Gasteiger partial charge in [-0.3, -0.25) is 14.7 Å². The number of piperazine rings is 1. The molecule has 3 rings (SSSR count). The minimum Gasteiger partial charge on any atom is -0.376 e. The number of ether oxygens (including phenoxy) is 1. The van der Waals surface area contributed by atoms with Gasteiger partial charge in [-0.15, -0.1) is 0 Å². The van der Waals surface area contributed by atoms with Gasteiger partial charge in [-0.2, -0.15) is 0 Å². The fourth-order valence-electron chi connectivity index (χ4n) is 4.29. The number of amides is 1. The fourth-order valence-corrected chi connectivity index (χ4v) is 4.29. The molecule has 2 fully saturated rings. The van der Waals surface area contributed by atoms with Crippen LogP contribution in [-0.2, 0) is 16.1 Å². The Balaban J connectivity index is 1.36. The van der Waals surface area contributed by atoms with E-state index < -0.39 is 0 Å². The average molecular weight is 430 g/mol. The number of benzene rings is 1. The highest BCUT2D eigenvalue weighted by Crippen LogP contribution is 2.14. The van der Waals surface area contributed by atoms with Crippen molar-refractivity contribution < 1.29 is 9.53 Å². The summed E-state index contributed by atoms with van der Waals surface area (Å²) in [6.45, 7) is 11.8. The Labute approximate surface area is 187 Å². The monoisotopic (exact) mass is 429 g/mol. The molecule has 0 bridgehead atoms. The predicted octanol–water partition coefficient (Wildman–Crippen LogP) is 2.04. The Morgan fingerprint density at radius 3 is 2.35 bits per heavy atom. The number of hydrogen-bond acceptors (Lipinski definition) is 4. The van der Waals surface area contributed by atoms with E-state index in [9.17, 15) is 4.79 Å². The molecule has 1 aromatic rings. The molecule has 2 aliphatic rings. The second-order valence-electron chi connectivity index (χ2n) is 8.77. The van der Waals surface area contributed by atoms with Crippen LogP contribution in [0.3, 0.4) is 0 Å². The third kappa shape index (κ3) is 6.94. The lowest BCUT2D eigenvalue weighted by Crippen LogP contribution is -2.57. The van der Waals surface area contributed by atoms with E-state index in [2.05, 4.69) is 46.1 Å². The fraction of sp³-hybridized carbons (Fsp3) is 0.667. The van der Waals surface area contributed by atoms with E-state index >= 15 is 0 Å². The Morgan fingerprint density at radius 1 is 1.03 bits per heavy atom. The summed E-state index contributed by atoms with van der Waals surface area (Å²) in [6, 6.07) is 10.2. The van der Waals surface area contributed by atoms with Gasteiger partial charge in [-0.05, 0) is 31.2 Å². The summed E-state index contributed by atoms with van der Waals surface area (Å²) in [5.74, 6) is 1.62. The van der Waals surface area contributed by atoms with Gasteiger partial charge in [0, 0.05) is 52.9 Å². The van der Waals surface area contributed by atoms with Crippen molar-refractivity contribution >= 4 is 11.9 Å². The Bertz CT molecular complexity index is 697. The van der Waals surface area contributed by atoms with E-state index in [0.717, 1.165) is 64.6 Å². The summed E-state index contributed by atoms with van der Waals surface area (Å²) in [5, 5.41) is 3.50. The summed E-state index contributed by atoms with van der Waals surface area (Å²) in [5.41, 5.74) is 1.20. The zero-order chi connectivity index (χ0) is 22.1. The molecule has 0 aromatic heterocycles. The molecule has 172 valence electrons. The van der Waals surface area contributed by atoms with Gasteiger partial charge in [0.05, 0.1) is 19.3 Å². The second kappa shape index (κ2) is 12.1. The maximum atomic E-state index is 12.7. The molecule has 0 saturated carbocycles. The minimum absolute atomic E-state index is 0.0305. The third-order valence-corrected chi connectivity index (χ3v) is 6.27. The topological polar surface area (TPSA) is 60.4 Å². The number of carbonyl (C=O) groups is 1. The third-order valence-electron chi connectivity index (χ3n) is 6.27. The van der Waals surface area contributed by atoms with Gasteiger partial charge in [0.25, 0.3) is 0 Å². The molecule has 2 atom stereocenters. The van der Waals surface area contributed by atoms with Crippen molar-refractivity contribution in [3.8, 4) is 0 Å². The lowest BCUT2D eigenvalue weighted by Gasteiger charge is -2.39. The summed E-state index contributed by atoms with van der Waals surface area (Å²) in [7, 11) is 1.84. The smallest absolute Gasteiger partial charge is 0.239 e. The van der Waals surface area contributed by atoms with E-state index in [4.69, 9.17) is 4.74 Å². The van der Waals surface area contributed by atoms with Crippen LogP contribution >= 0.6 is 0 Å². The second-order valence-corrected chi connectivity index (χ2v) is 8.77. The molecule has 31 heavy (non-hydrogen) atoms. The Kier molecular flexibility index (Phi) is 9.15. The van der Waals surface area contributed by atoms with Crippen molar-refractivity contribution in [3.05, 3.63) is 35.9 Å². The molecule has 7 nitrogen and oxygen atoms in total. The highest BCUT2D eigenvalue weighted by Gasteiger charge is 2.30. The number of hydrogen-bond donors (Lipinski definition) is 1. The summed E-state index contributed by atoms with van der Waals surface area (Å²) >= 11 is 0. The van der Waals surface area contributed by atoms with E-state index in [1.165, 1.54) is 5.56 Å². The van der Waals surface area contributed by atoms with Gasteiger partial charge in [0.2, 0.25) is 5.91 Å². The first-order chi connectivity index (χ1) is 15.1. The van der Waals surface area contributed by atoms with Crippen molar-refractivity contribution in [1.29, 1.82) is 0 Å². The van der Waals surface area contributed by atoms with Gasteiger partial charge in [0.1, 0.15) is 0 Å². The summed E-state index contributed by atoms with van der Waals surface area (Å²) in [4.78, 5) is 23.8. The molecule has 2 heterocycles. The number of rotatable bonds is 8. The van der Waals surface area contributed by atoms with Crippen molar-refractivity contribution in [2.24, 2.45) is 10.9 Å². The predicted molar refractivity (Wildman–Crippen MR) is 125 cm³/mol. The molecule has 0 aliphatic carbocycles. The highest BCUT2D eigenvalue weighted by atomic mass is 16.5. The van der Waals surface area contributed by atoms with Crippen LogP contribution < -0.4 is 5.32 Å². The molecule has 2 unspecified atom stereocenters. The minimum atomic E-state index is -0.0305. The highest BCUT2D eigenvalue weighted by molar-refractivity contribution is 5.82. The SMILES string of the molecule is CN=C(NCC(C)COCc1ccccc1)N1CCN(C(C)C(=O)N2CCCC2)CC1. The number of aliphatic imine (C=N–C) groups is 1. The molecular formula is C24H39N5O2. The van der Waals surface area contributed by atoms with Gasteiger partial charge >= 0.3 is 0 Å². The Hall–Kier alpha value is -2.12. The molecule has 2 saturated heterocycles. The molecular weight excluding hydrogens is 390 g/mol. The summed E-state index contributed by atoms with van der Waals surface area (Å²) in [6.07, 6.45) is 2.29. The Morgan fingerprint density at radius 2 is 1.71 bits per heavy atom. The molecule has 1 aromatic carbocycles. The first-order valence-electron chi connectivity index (χ1n) is 11.7. The van der Waals surface area contributed by atoms with Gasteiger partial charge in [-0.1, -0.05) is 37.3 Å². The van der Waals surface area contributed by atoms with Crippen LogP contribution in [0.5, 0.6) is 0 Å². The van der Waals surface area contributed by atoms with E-state index in [0.29, 0.717) is 19.1 Å². The largest absolute Gasteiger partial charge is 0.376 e. The van der Waals surface area contributed by atoms with Gasteiger partial charge < -0.3 is 19.9 Å². The van der Waals surface area contributed by atoms with Gasteiger partial charge in [0.15, 0.2) is 5.96 Å². The molecule has 1 amide bonds. The standard InChI is InChI=1S/C24H39N5O2/c1-20(18-31-19-22-9-5-4-6-10-22)17-26-24(25-3)29-15-13-27(14-16-29)21(2)23(30)28-11-7-8-12-28/h4-6,9-10,20-21H,7-8,11-19H2,1-3H3,(H,25,26). The number of nitrogens with one attached hydrogen (secondary N) is 1. The maximum absolute atomic E-state index is 12.7. The molecule has 0 spiro atoms. The number of carbonyl (C=O) groups excluding carboxylic acids is 1. The van der Waals surface area contributed by atoms with Crippen LogP contribution in [0, 0.1) is 5.92 Å². The molecule has 7 heteroatoms. The van der Waals surface area contributed by atoms with Crippen LogP contribution in [0.4, 0.5) is 0 Å². The van der Waals surface area contributed by atoms with Crippen LogP contribution in [-0.4, -0.2) is 92.1 Å². The first-order valence-corrected chi connectivity index (χ1v) is 11.7. The van der Waals surface area contributed by atoms with Crippen molar-refractivity contribution in [2.75, 3.05) is 59.5 Å². The number of nitrogens with zero attached hydrogens (tertiary/aromatic N) is 4. The lowest BCUT2D eigenvalue weighted by atomic mass is 10.2. The van der Waals surface area contributed by atoms with Gasteiger partial charge in [-0.25, -0.2) is 0 Å². The molecule has 0 radical (unpaired) electrons. The molecule has 2 aliphatic heterocycles. The average Bonchev–Trinajstić information content (AvgIpc) is 3.35. The van der Waals surface area contributed by atoms with E-state index in [1.54, 1.807) is 0 Å². The molecule has 1 N–H and O–H groups in total. The van der Waals surface area contributed by atoms with Crippen molar-refractivity contribution in [2.45, 2.75) is 39.3 Å². The zero-order valence-electron chi connectivity index (χ0n) is 19.4. The van der Waals surface area contributed by atoms with Crippen LogP contribution in [0.15, 0.2) is 35.3 Å². The van der Waals surface area contributed by atoms with Crippen LogP contribution in [0.25, 0.3) is 0 Å². The van der Waals surface area contributed by atoms with Crippen LogP contribution in [0.2, 0.25) is 0 Å². The van der Waals surface area contributed by atoms with Crippen molar-refractivity contribution in [1.82, 2.24) is 20.0 Å². The lowest BCUT2D eigenvalue weighted by molar-refractivity contribution is -0.135. The normalized spacial score (nSPS) is 20.0. The maximum Gasteiger partial charge on any atom is 0.239 e. The zero-order valence-corrected chi connectivity index (χ0v) is 19.4. The van der Waals surface area contributed by atoms with E-state index in [1.807, 2.05) is 30.1 Å². The van der Waals surface area contributed by atoms with Crippen LogP contribution in [0.1, 0.15) is 32.3 Å². The first kappa shape index (κ1) is 23.5. The number of likely N-dealkylation sites (tertiary alicyclic amines) is 1.